The number of benzene rings is 9. The minimum absolute atomic E-state index is 0.212. The fourth-order valence-electron chi connectivity index (χ4n) is 9.41. The molecule has 11 rings (SSSR count). The zero-order valence-corrected chi connectivity index (χ0v) is 32.0. The Morgan fingerprint density at radius 1 is 0.386 bits per heavy atom. The molecule has 270 valence electrons. The van der Waals surface area contributed by atoms with Gasteiger partial charge in [-0.15, -0.1) is 0 Å². The number of hydrogen-bond acceptors (Lipinski definition) is 1. The second kappa shape index (κ2) is 13.0. The number of fused-ring (bicyclic) bond motifs is 7. The molecule has 0 amide bonds. The molecule has 0 bridgehead atoms. The molecule has 0 saturated carbocycles. The summed E-state index contributed by atoms with van der Waals surface area (Å²) >= 11 is 0. The zero-order chi connectivity index (χ0) is 38.1. The lowest BCUT2D eigenvalue weighted by Crippen LogP contribution is -2.16. The van der Waals surface area contributed by atoms with Gasteiger partial charge in [-0.05, 0) is 104 Å². The van der Waals surface area contributed by atoms with Crippen LogP contribution in [0.4, 0.5) is 17.1 Å². The average Bonchev–Trinajstić information content (AvgIpc) is 3.72. The van der Waals surface area contributed by atoms with Crippen molar-refractivity contribution in [2.24, 2.45) is 0 Å². The summed E-state index contributed by atoms with van der Waals surface area (Å²) in [6, 6.07) is 75.5. The van der Waals surface area contributed by atoms with Crippen LogP contribution in [0.3, 0.4) is 0 Å². The largest absolute Gasteiger partial charge is 0.310 e. The molecule has 0 fully saturated rings. The van der Waals surface area contributed by atoms with Crippen LogP contribution in [0.5, 0.6) is 0 Å². The van der Waals surface area contributed by atoms with E-state index in [9.17, 15) is 0 Å². The number of hydrogen-bond donors (Lipinski definition) is 0. The van der Waals surface area contributed by atoms with Gasteiger partial charge in [-0.1, -0.05) is 166 Å². The number of nitrogens with zero attached hydrogens (tertiary/aromatic N) is 2. The standard InChI is InChI=1S/C55H40N2/c1-55(2)49-22-13-25-53(57-51-23-10-8-19-46(51)47-20-9-11-24-52(47)57)54(49)48-35-34-43(36-50(48)55)56(41-30-26-38(27-31-41)37-14-4-3-5-15-37)42-32-28-40(29-33-42)45-21-12-17-39-16-6-7-18-44(39)45/h3-36H,1-2H3. The van der Waals surface area contributed by atoms with Crippen molar-refractivity contribution in [2.75, 3.05) is 4.90 Å². The number of rotatable bonds is 6. The summed E-state index contributed by atoms with van der Waals surface area (Å²) < 4.78 is 2.47. The van der Waals surface area contributed by atoms with Gasteiger partial charge in [0.15, 0.2) is 0 Å². The van der Waals surface area contributed by atoms with Crippen molar-refractivity contribution in [3.63, 3.8) is 0 Å². The van der Waals surface area contributed by atoms with Crippen molar-refractivity contribution in [3.05, 3.63) is 217 Å². The summed E-state index contributed by atoms with van der Waals surface area (Å²) in [6.07, 6.45) is 0. The fourth-order valence-corrected chi connectivity index (χ4v) is 9.41. The SMILES string of the molecule is CC1(C)c2cc(N(c3ccc(-c4ccccc4)cc3)c3ccc(-c4cccc5ccccc45)cc3)ccc2-c2c(-n3c4ccccc4c4ccccc43)cccc21. The second-order valence-corrected chi connectivity index (χ2v) is 15.7. The lowest BCUT2D eigenvalue weighted by Gasteiger charge is -2.28. The molecule has 1 aromatic heterocycles. The van der Waals surface area contributed by atoms with E-state index in [1.165, 1.54) is 82.8 Å². The first-order valence-corrected chi connectivity index (χ1v) is 19.9. The summed E-state index contributed by atoms with van der Waals surface area (Å²) in [6.45, 7) is 4.77. The third-order valence-electron chi connectivity index (χ3n) is 12.2. The van der Waals surface area contributed by atoms with Crippen molar-refractivity contribution < 1.29 is 0 Å². The molecule has 57 heavy (non-hydrogen) atoms. The Morgan fingerprint density at radius 2 is 0.930 bits per heavy atom. The first-order valence-electron chi connectivity index (χ1n) is 19.9. The Morgan fingerprint density at radius 3 is 1.63 bits per heavy atom. The molecule has 0 N–H and O–H groups in total. The molecule has 0 saturated heterocycles. The van der Waals surface area contributed by atoms with Gasteiger partial charge in [-0.25, -0.2) is 0 Å². The Labute approximate surface area is 333 Å². The van der Waals surface area contributed by atoms with Crippen molar-refractivity contribution in [3.8, 4) is 39.1 Å². The van der Waals surface area contributed by atoms with Crippen molar-refractivity contribution in [1.29, 1.82) is 0 Å². The number of aromatic nitrogens is 1. The smallest absolute Gasteiger partial charge is 0.0543 e. The molecular weight excluding hydrogens is 689 g/mol. The lowest BCUT2D eigenvalue weighted by atomic mass is 9.82. The molecule has 10 aromatic rings. The highest BCUT2D eigenvalue weighted by Crippen LogP contribution is 2.53. The van der Waals surface area contributed by atoms with Gasteiger partial charge in [0, 0.05) is 38.8 Å². The van der Waals surface area contributed by atoms with Crippen molar-refractivity contribution >= 4 is 49.6 Å². The third kappa shape index (κ3) is 5.25. The van der Waals surface area contributed by atoms with E-state index in [2.05, 4.69) is 230 Å². The van der Waals surface area contributed by atoms with Crippen LogP contribution in [0.25, 0.3) is 71.6 Å². The molecule has 1 aliphatic rings. The summed E-state index contributed by atoms with van der Waals surface area (Å²) in [7, 11) is 0. The van der Waals surface area contributed by atoms with Crippen LogP contribution < -0.4 is 4.90 Å². The quantitative estimate of drug-likeness (QED) is 0.165. The first-order chi connectivity index (χ1) is 28.0. The average molecular weight is 729 g/mol. The van der Waals surface area contributed by atoms with E-state index in [0.717, 1.165) is 17.1 Å². The van der Waals surface area contributed by atoms with E-state index in [1.54, 1.807) is 0 Å². The maximum absolute atomic E-state index is 2.47. The minimum Gasteiger partial charge on any atom is -0.310 e. The van der Waals surface area contributed by atoms with Crippen LogP contribution in [0, 0.1) is 0 Å². The van der Waals surface area contributed by atoms with Crippen LogP contribution in [0.1, 0.15) is 25.0 Å². The van der Waals surface area contributed by atoms with Gasteiger partial charge in [0.05, 0.1) is 16.7 Å². The molecule has 1 heterocycles. The van der Waals surface area contributed by atoms with E-state index < -0.39 is 0 Å². The van der Waals surface area contributed by atoms with Crippen LogP contribution in [0.2, 0.25) is 0 Å². The van der Waals surface area contributed by atoms with Gasteiger partial charge in [-0.2, -0.15) is 0 Å². The van der Waals surface area contributed by atoms with Gasteiger partial charge in [-0.3, -0.25) is 0 Å². The molecule has 9 aromatic carbocycles. The van der Waals surface area contributed by atoms with Gasteiger partial charge >= 0.3 is 0 Å². The van der Waals surface area contributed by atoms with E-state index in [0.29, 0.717) is 0 Å². The summed E-state index contributed by atoms with van der Waals surface area (Å²) in [5, 5.41) is 5.07. The summed E-state index contributed by atoms with van der Waals surface area (Å²) in [4.78, 5) is 2.41. The Kier molecular flexibility index (Phi) is 7.55. The highest BCUT2D eigenvalue weighted by atomic mass is 15.1. The molecule has 0 aliphatic heterocycles. The number of para-hydroxylation sites is 2. The Balaban J connectivity index is 1.07. The van der Waals surface area contributed by atoms with Gasteiger partial charge in [0.2, 0.25) is 0 Å². The molecule has 2 nitrogen and oxygen atoms in total. The minimum atomic E-state index is -0.212. The first kappa shape index (κ1) is 33.2. The predicted molar refractivity (Wildman–Crippen MR) is 241 cm³/mol. The number of anilines is 3. The molecule has 0 radical (unpaired) electrons. The maximum Gasteiger partial charge on any atom is 0.0543 e. The molecule has 0 atom stereocenters. The third-order valence-corrected chi connectivity index (χ3v) is 12.2. The molecule has 1 aliphatic carbocycles. The van der Waals surface area contributed by atoms with Gasteiger partial charge in [0.1, 0.15) is 0 Å². The Bertz CT molecular complexity index is 3070. The van der Waals surface area contributed by atoms with Crippen LogP contribution in [-0.4, -0.2) is 4.57 Å². The van der Waals surface area contributed by atoms with E-state index in [1.807, 2.05) is 0 Å². The van der Waals surface area contributed by atoms with E-state index in [-0.39, 0.29) is 5.41 Å². The van der Waals surface area contributed by atoms with Crippen molar-refractivity contribution in [2.45, 2.75) is 19.3 Å². The molecular formula is C55H40N2. The van der Waals surface area contributed by atoms with Crippen molar-refractivity contribution in [1.82, 2.24) is 4.57 Å². The highest BCUT2D eigenvalue weighted by molar-refractivity contribution is 6.10. The predicted octanol–water partition coefficient (Wildman–Crippen LogP) is 15.0. The highest BCUT2D eigenvalue weighted by Gasteiger charge is 2.38. The summed E-state index contributed by atoms with van der Waals surface area (Å²) in [5.74, 6) is 0. The monoisotopic (exact) mass is 728 g/mol. The van der Waals surface area contributed by atoms with E-state index >= 15 is 0 Å². The Hall–Kier alpha value is -7.16. The second-order valence-electron chi connectivity index (χ2n) is 15.7. The maximum atomic E-state index is 2.47. The lowest BCUT2D eigenvalue weighted by molar-refractivity contribution is 0.660. The molecule has 0 spiro atoms. The van der Waals surface area contributed by atoms with Gasteiger partial charge in [0.25, 0.3) is 0 Å². The van der Waals surface area contributed by atoms with Crippen LogP contribution >= 0.6 is 0 Å². The normalized spacial score (nSPS) is 12.9. The summed E-state index contributed by atoms with van der Waals surface area (Å²) in [5.41, 5.74) is 17.0. The van der Waals surface area contributed by atoms with Crippen LogP contribution in [-0.2, 0) is 5.41 Å². The fraction of sp³-hybridized carbons (Fsp3) is 0.0545. The topological polar surface area (TPSA) is 8.17 Å². The van der Waals surface area contributed by atoms with E-state index in [4.69, 9.17) is 0 Å². The molecule has 2 heteroatoms. The molecule has 0 unspecified atom stereocenters. The van der Waals surface area contributed by atoms with Crippen LogP contribution in [0.15, 0.2) is 206 Å². The van der Waals surface area contributed by atoms with Gasteiger partial charge < -0.3 is 9.47 Å². The zero-order valence-electron chi connectivity index (χ0n) is 32.0.